The molecule has 1 aliphatic rings. The van der Waals surface area contributed by atoms with Crippen LogP contribution < -0.4 is 0 Å². The van der Waals surface area contributed by atoms with Crippen molar-refractivity contribution in [3.8, 4) is 0 Å². The van der Waals surface area contributed by atoms with Crippen molar-refractivity contribution in [2.75, 3.05) is 6.54 Å². The predicted octanol–water partition coefficient (Wildman–Crippen LogP) is 4.98. The molecule has 0 bridgehead atoms. The van der Waals surface area contributed by atoms with Crippen LogP contribution in [0.5, 0.6) is 0 Å². The highest BCUT2D eigenvalue weighted by molar-refractivity contribution is 9.10. The first-order chi connectivity index (χ1) is 12.9. The van der Waals surface area contributed by atoms with E-state index < -0.39 is 17.7 Å². The molecule has 0 unspecified atom stereocenters. The van der Waals surface area contributed by atoms with Crippen molar-refractivity contribution in [3.05, 3.63) is 75.3 Å². The zero-order valence-corrected chi connectivity index (χ0v) is 17.0. The van der Waals surface area contributed by atoms with E-state index >= 15 is 0 Å². The second-order valence-electron chi connectivity index (χ2n) is 6.76. The minimum absolute atomic E-state index is 0.125. The Bertz CT molecular complexity index is 885. The van der Waals surface area contributed by atoms with Crippen LogP contribution in [0, 0.1) is 6.92 Å². The van der Waals surface area contributed by atoms with Crippen LogP contribution in [0.3, 0.4) is 0 Å². The van der Waals surface area contributed by atoms with E-state index in [1.54, 1.807) is 17.0 Å². The number of ketones is 1. The Morgan fingerprint density at radius 3 is 2.30 bits per heavy atom. The molecule has 1 atom stereocenters. The van der Waals surface area contributed by atoms with Crippen LogP contribution in [0.15, 0.2) is 58.6 Å². The maximum absolute atomic E-state index is 12.8. The molecule has 3 rings (SSSR count). The molecule has 0 saturated carbocycles. The molecule has 1 N–H and O–H groups in total. The molecule has 0 aromatic heterocycles. The summed E-state index contributed by atoms with van der Waals surface area (Å²) in [7, 11) is 0. The first kappa shape index (κ1) is 19.4. The minimum atomic E-state index is -0.628. The predicted molar refractivity (Wildman–Crippen MR) is 109 cm³/mol. The maximum Gasteiger partial charge on any atom is 0.295 e. The third-order valence-corrected chi connectivity index (χ3v) is 5.33. The summed E-state index contributed by atoms with van der Waals surface area (Å²) in [5.41, 5.74) is 2.56. The molecular weight excluding hydrogens is 406 g/mol. The van der Waals surface area contributed by atoms with Crippen LogP contribution in [0.2, 0.25) is 0 Å². The maximum atomic E-state index is 12.8. The lowest BCUT2D eigenvalue weighted by Crippen LogP contribution is -2.30. The van der Waals surface area contributed by atoms with Crippen LogP contribution in [0.1, 0.15) is 42.5 Å². The van der Waals surface area contributed by atoms with Crippen molar-refractivity contribution in [2.24, 2.45) is 0 Å². The highest BCUT2D eigenvalue weighted by Crippen LogP contribution is 2.39. The summed E-state index contributed by atoms with van der Waals surface area (Å²) in [6.07, 6.45) is 1.71. The van der Waals surface area contributed by atoms with Gasteiger partial charge in [0.05, 0.1) is 11.6 Å². The summed E-state index contributed by atoms with van der Waals surface area (Å²) in [6.45, 7) is 4.47. The smallest absolute Gasteiger partial charge is 0.295 e. The molecule has 1 fully saturated rings. The molecule has 0 aliphatic carbocycles. The Morgan fingerprint density at radius 1 is 1.07 bits per heavy atom. The Morgan fingerprint density at radius 2 is 1.70 bits per heavy atom. The molecule has 140 valence electrons. The number of unbranched alkanes of at least 4 members (excludes halogenated alkanes) is 1. The number of benzene rings is 2. The fourth-order valence-electron chi connectivity index (χ4n) is 3.30. The lowest BCUT2D eigenvalue weighted by atomic mass is 9.95. The van der Waals surface area contributed by atoms with Crippen molar-refractivity contribution in [1.29, 1.82) is 0 Å². The van der Waals surface area contributed by atoms with E-state index in [1.807, 2.05) is 50.2 Å². The molecule has 5 heteroatoms. The average molecular weight is 428 g/mol. The molecule has 2 aromatic carbocycles. The normalized spacial score (nSPS) is 18.9. The lowest BCUT2D eigenvalue weighted by molar-refractivity contribution is -0.139. The fourth-order valence-corrected chi connectivity index (χ4v) is 3.56. The van der Waals surface area contributed by atoms with Gasteiger partial charge < -0.3 is 10.0 Å². The van der Waals surface area contributed by atoms with Crippen LogP contribution in [-0.4, -0.2) is 28.2 Å². The average Bonchev–Trinajstić information content (AvgIpc) is 2.91. The number of hydrogen-bond donors (Lipinski definition) is 1. The topological polar surface area (TPSA) is 57.6 Å². The quantitative estimate of drug-likeness (QED) is 0.415. The van der Waals surface area contributed by atoms with Gasteiger partial charge in [-0.15, -0.1) is 0 Å². The van der Waals surface area contributed by atoms with E-state index in [2.05, 4.69) is 15.9 Å². The van der Waals surface area contributed by atoms with Gasteiger partial charge in [-0.1, -0.05) is 71.2 Å². The molecule has 2 aromatic rings. The van der Waals surface area contributed by atoms with Gasteiger partial charge in [0, 0.05) is 16.6 Å². The highest BCUT2D eigenvalue weighted by Gasteiger charge is 2.45. The summed E-state index contributed by atoms with van der Waals surface area (Å²) >= 11 is 3.41. The van der Waals surface area contributed by atoms with Gasteiger partial charge >= 0.3 is 0 Å². The summed E-state index contributed by atoms with van der Waals surface area (Å²) in [6, 6.07) is 14.2. The van der Waals surface area contributed by atoms with Crippen LogP contribution in [0.4, 0.5) is 0 Å². The van der Waals surface area contributed by atoms with E-state index in [1.165, 1.54) is 0 Å². The Labute approximate surface area is 167 Å². The first-order valence-corrected chi connectivity index (χ1v) is 9.84. The molecule has 0 spiro atoms. The van der Waals surface area contributed by atoms with Crippen molar-refractivity contribution in [1.82, 2.24) is 4.90 Å². The fraction of sp³-hybridized carbons (Fsp3) is 0.273. The number of aliphatic hydroxyl groups is 1. The number of carbonyl (C=O) groups excluding carboxylic acids is 2. The van der Waals surface area contributed by atoms with Gasteiger partial charge in [-0.05, 0) is 31.0 Å². The third-order valence-electron chi connectivity index (χ3n) is 4.80. The molecule has 0 radical (unpaired) electrons. The van der Waals surface area contributed by atoms with Crippen molar-refractivity contribution in [2.45, 2.75) is 32.7 Å². The van der Waals surface area contributed by atoms with Crippen molar-refractivity contribution >= 4 is 33.4 Å². The number of aryl methyl sites for hydroxylation is 1. The molecule has 1 aliphatic heterocycles. The Hall–Kier alpha value is -2.40. The summed E-state index contributed by atoms with van der Waals surface area (Å²) < 4.78 is 0.912. The molecular formula is C22H22BrNO3. The SMILES string of the molecule is CCCCN1C(=O)C(=O)/C(=C(/O)c2ccc(C)cc2)[C@@H]1c1ccc(Br)cc1. The zero-order valence-electron chi connectivity index (χ0n) is 15.4. The van der Waals surface area contributed by atoms with E-state index in [-0.39, 0.29) is 11.3 Å². The molecule has 27 heavy (non-hydrogen) atoms. The number of aliphatic hydroxyl groups excluding tert-OH is 1. The second kappa shape index (κ2) is 8.09. The molecule has 4 nitrogen and oxygen atoms in total. The van der Waals surface area contributed by atoms with Gasteiger partial charge in [0.25, 0.3) is 11.7 Å². The van der Waals surface area contributed by atoms with Crippen LogP contribution >= 0.6 is 15.9 Å². The van der Waals surface area contributed by atoms with Crippen molar-refractivity contribution in [3.63, 3.8) is 0 Å². The summed E-state index contributed by atoms with van der Waals surface area (Å²) in [5.74, 6) is -1.30. The first-order valence-electron chi connectivity index (χ1n) is 9.05. The number of halogens is 1. The Balaban J connectivity index is 2.14. The highest BCUT2D eigenvalue weighted by atomic mass is 79.9. The Kier molecular flexibility index (Phi) is 5.80. The molecule has 1 heterocycles. The monoisotopic (exact) mass is 427 g/mol. The van der Waals surface area contributed by atoms with Gasteiger partial charge in [-0.25, -0.2) is 0 Å². The number of nitrogens with zero attached hydrogens (tertiary/aromatic N) is 1. The number of hydrogen-bond acceptors (Lipinski definition) is 3. The van der Waals surface area contributed by atoms with Gasteiger partial charge in [-0.3, -0.25) is 9.59 Å². The van der Waals surface area contributed by atoms with Crippen molar-refractivity contribution < 1.29 is 14.7 Å². The van der Waals surface area contributed by atoms with E-state index in [4.69, 9.17) is 0 Å². The van der Waals surface area contributed by atoms with Gasteiger partial charge in [0.15, 0.2) is 0 Å². The van der Waals surface area contributed by atoms with Gasteiger partial charge in [-0.2, -0.15) is 0 Å². The van der Waals surface area contributed by atoms with E-state index in [9.17, 15) is 14.7 Å². The third kappa shape index (κ3) is 3.83. The summed E-state index contributed by atoms with van der Waals surface area (Å²) in [4.78, 5) is 27.1. The minimum Gasteiger partial charge on any atom is -0.507 e. The zero-order chi connectivity index (χ0) is 19.6. The van der Waals surface area contributed by atoms with E-state index in [0.717, 1.165) is 28.4 Å². The second-order valence-corrected chi connectivity index (χ2v) is 7.68. The largest absolute Gasteiger partial charge is 0.507 e. The van der Waals surface area contributed by atoms with Crippen LogP contribution in [0.25, 0.3) is 5.76 Å². The molecule has 1 saturated heterocycles. The standard InChI is InChI=1S/C22H22BrNO3/c1-3-4-13-24-19(15-9-11-17(23)12-10-15)18(21(26)22(24)27)20(25)16-7-5-14(2)6-8-16/h5-12,19,25H,3-4,13H2,1-2H3/b20-18+/t19-/m0/s1. The number of rotatable bonds is 5. The van der Waals surface area contributed by atoms with Crippen LogP contribution in [-0.2, 0) is 9.59 Å². The number of likely N-dealkylation sites (tertiary alicyclic amines) is 1. The number of Topliss-reactive ketones (excluding diaryl/α,β-unsaturated/α-hetero) is 1. The van der Waals surface area contributed by atoms with Gasteiger partial charge in [0.1, 0.15) is 5.76 Å². The number of carbonyl (C=O) groups is 2. The molecule has 1 amide bonds. The number of amides is 1. The van der Waals surface area contributed by atoms with E-state index in [0.29, 0.717) is 12.1 Å². The van der Waals surface area contributed by atoms with Gasteiger partial charge in [0.2, 0.25) is 0 Å². The lowest BCUT2D eigenvalue weighted by Gasteiger charge is -2.25. The summed E-state index contributed by atoms with van der Waals surface area (Å²) in [5, 5.41) is 10.9.